The quantitative estimate of drug-likeness (QED) is 0.557. The van der Waals surface area contributed by atoms with Gasteiger partial charge in [0, 0.05) is 11.1 Å². The first-order chi connectivity index (χ1) is 7.32. The van der Waals surface area contributed by atoms with Crippen LogP contribution in [0.3, 0.4) is 0 Å². The van der Waals surface area contributed by atoms with Crippen LogP contribution in [0.2, 0.25) is 0 Å². The molecule has 86 valence electrons. The number of ketones is 1. The fourth-order valence-electron chi connectivity index (χ4n) is 1.21. The highest BCUT2D eigenvalue weighted by Gasteiger charge is 2.30. The molecule has 1 aromatic carbocycles. The van der Waals surface area contributed by atoms with Crippen LogP contribution in [0.15, 0.2) is 35.9 Å². The number of benzene rings is 1. The first-order valence-corrected chi connectivity index (χ1v) is 4.68. The molecule has 0 atom stereocenters. The molecule has 0 spiro atoms. The fourth-order valence-corrected chi connectivity index (χ4v) is 1.21. The predicted molar refractivity (Wildman–Crippen MR) is 55.3 cm³/mol. The van der Waals surface area contributed by atoms with Gasteiger partial charge in [-0.2, -0.15) is 13.2 Å². The van der Waals surface area contributed by atoms with Crippen molar-refractivity contribution in [1.82, 2.24) is 0 Å². The van der Waals surface area contributed by atoms with Gasteiger partial charge < -0.3 is 0 Å². The molecule has 0 heterocycles. The minimum Gasteiger partial charge on any atom is -0.289 e. The molecule has 1 rings (SSSR count). The SMILES string of the molecule is CC(=CC(=O)c1ccccc1C)C(F)(F)F. The third kappa shape index (κ3) is 2.95. The van der Waals surface area contributed by atoms with Crippen LogP contribution < -0.4 is 0 Å². The third-order valence-corrected chi connectivity index (χ3v) is 2.21. The monoisotopic (exact) mass is 228 g/mol. The maximum atomic E-state index is 12.2. The van der Waals surface area contributed by atoms with Gasteiger partial charge in [-0.1, -0.05) is 24.3 Å². The van der Waals surface area contributed by atoms with E-state index in [2.05, 4.69) is 0 Å². The minimum absolute atomic E-state index is 0.297. The van der Waals surface area contributed by atoms with Gasteiger partial charge in [-0.15, -0.1) is 0 Å². The molecule has 0 amide bonds. The highest BCUT2D eigenvalue weighted by molar-refractivity contribution is 6.05. The molecule has 0 saturated carbocycles. The summed E-state index contributed by atoms with van der Waals surface area (Å²) in [6.07, 6.45) is -3.82. The highest BCUT2D eigenvalue weighted by atomic mass is 19.4. The van der Waals surface area contributed by atoms with E-state index < -0.39 is 17.5 Å². The summed E-state index contributed by atoms with van der Waals surface area (Å²) < 4.78 is 36.6. The van der Waals surface area contributed by atoms with E-state index in [0.717, 1.165) is 6.92 Å². The van der Waals surface area contributed by atoms with Gasteiger partial charge in [0.2, 0.25) is 0 Å². The summed E-state index contributed by atoms with van der Waals surface area (Å²) in [4.78, 5) is 11.5. The number of aryl methyl sites for hydroxylation is 1. The lowest BCUT2D eigenvalue weighted by Gasteiger charge is -2.06. The zero-order valence-corrected chi connectivity index (χ0v) is 8.93. The van der Waals surface area contributed by atoms with E-state index in [9.17, 15) is 18.0 Å². The van der Waals surface area contributed by atoms with Gasteiger partial charge in [0.05, 0.1) is 0 Å². The first-order valence-electron chi connectivity index (χ1n) is 4.68. The lowest BCUT2D eigenvalue weighted by molar-refractivity contribution is -0.0913. The van der Waals surface area contributed by atoms with Crippen LogP contribution >= 0.6 is 0 Å². The number of hydrogen-bond acceptors (Lipinski definition) is 1. The van der Waals surface area contributed by atoms with E-state index >= 15 is 0 Å². The number of halogens is 3. The van der Waals surface area contributed by atoms with Crippen LogP contribution in [-0.4, -0.2) is 12.0 Å². The van der Waals surface area contributed by atoms with Crippen molar-refractivity contribution in [2.24, 2.45) is 0 Å². The molecule has 0 aromatic heterocycles. The smallest absolute Gasteiger partial charge is 0.289 e. The molecule has 0 N–H and O–H groups in total. The van der Waals surface area contributed by atoms with Crippen LogP contribution in [0.1, 0.15) is 22.8 Å². The van der Waals surface area contributed by atoms with Crippen molar-refractivity contribution in [3.05, 3.63) is 47.0 Å². The first kappa shape index (κ1) is 12.5. The Morgan fingerprint density at radius 1 is 1.25 bits per heavy atom. The van der Waals surface area contributed by atoms with Gasteiger partial charge in [0.25, 0.3) is 0 Å². The van der Waals surface area contributed by atoms with Gasteiger partial charge in [0.1, 0.15) is 0 Å². The average Bonchev–Trinajstić information content (AvgIpc) is 2.16. The van der Waals surface area contributed by atoms with Crippen LogP contribution in [0.4, 0.5) is 13.2 Å². The number of carbonyl (C=O) groups excluding carboxylic acids is 1. The predicted octanol–water partition coefficient (Wildman–Crippen LogP) is 3.69. The molecular formula is C12H11F3O. The second-order valence-corrected chi connectivity index (χ2v) is 3.50. The van der Waals surface area contributed by atoms with Crippen molar-refractivity contribution in [2.45, 2.75) is 20.0 Å². The summed E-state index contributed by atoms with van der Waals surface area (Å²) >= 11 is 0. The molecule has 0 aliphatic rings. The Bertz CT molecular complexity index is 430. The van der Waals surface area contributed by atoms with Crippen LogP contribution in [0.5, 0.6) is 0 Å². The van der Waals surface area contributed by atoms with Crippen molar-refractivity contribution >= 4 is 5.78 Å². The van der Waals surface area contributed by atoms with Crippen LogP contribution in [0, 0.1) is 6.92 Å². The van der Waals surface area contributed by atoms with Crippen LogP contribution in [-0.2, 0) is 0 Å². The Morgan fingerprint density at radius 3 is 2.31 bits per heavy atom. The summed E-state index contributed by atoms with van der Waals surface area (Å²) in [5, 5.41) is 0. The molecule has 0 aliphatic carbocycles. The van der Waals surface area contributed by atoms with E-state index in [0.29, 0.717) is 17.2 Å². The molecule has 16 heavy (non-hydrogen) atoms. The molecule has 0 saturated heterocycles. The Kier molecular flexibility index (Phi) is 3.52. The molecule has 0 bridgehead atoms. The van der Waals surface area contributed by atoms with Crippen molar-refractivity contribution in [3.8, 4) is 0 Å². The van der Waals surface area contributed by atoms with Gasteiger partial charge in [-0.25, -0.2) is 0 Å². The van der Waals surface area contributed by atoms with Gasteiger partial charge in [-0.05, 0) is 25.5 Å². The molecule has 0 fully saturated rings. The molecule has 0 radical (unpaired) electrons. The topological polar surface area (TPSA) is 17.1 Å². The Balaban J connectivity index is 3.02. The van der Waals surface area contributed by atoms with Crippen LogP contribution in [0.25, 0.3) is 0 Å². The lowest BCUT2D eigenvalue weighted by Crippen LogP contribution is -2.11. The zero-order valence-electron chi connectivity index (χ0n) is 8.93. The standard InChI is InChI=1S/C12H11F3O/c1-8-5-3-4-6-10(8)11(16)7-9(2)12(13,14)15/h3-7H,1-2H3. The summed E-state index contributed by atoms with van der Waals surface area (Å²) in [6.45, 7) is 2.57. The van der Waals surface area contributed by atoms with Crippen molar-refractivity contribution in [2.75, 3.05) is 0 Å². The summed E-state index contributed by atoms with van der Waals surface area (Å²) in [6, 6.07) is 6.55. The second-order valence-electron chi connectivity index (χ2n) is 3.50. The van der Waals surface area contributed by atoms with E-state index in [-0.39, 0.29) is 0 Å². The number of carbonyl (C=O) groups is 1. The minimum atomic E-state index is -4.45. The summed E-state index contributed by atoms with van der Waals surface area (Å²) in [7, 11) is 0. The van der Waals surface area contributed by atoms with Gasteiger partial charge in [-0.3, -0.25) is 4.79 Å². The van der Waals surface area contributed by atoms with E-state index in [4.69, 9.17) is 0 Å². The highest BCUT2D eigenvalue weighted by Crippen LogP contribution is 2.25. The normalized spacial score (nSPS) is 12.7. The number of rotatable bonds is 2. The van der Waals surface area contributed by atoms with Crippen molar-refractivity contribution in [1.29, 1.82) is 0 Å². The fraction of sp³-hybridized carbons (Fsp3) is 0.250. The largest absolute Gasteiger partial charge is 0.412 e. The van der Waals surface area contributed by atoms with Crippen molar-refractivity contribution in [3.63, 3.8) is 0 Å². The molecule has 1 nitrogen and oxygen atoms in total. The Hall–Kier alpha value is -1.58. The van der Waals surface area contributed by atoms with Crippen molar-refractivity contribution < 1.29 is 18.0 Å². The molecule has 1 aromatic rings. The molecule has 0 unspecified atom stereocenters. The van der Waals surface area contributed by atoms with E-state index in [1.54, 1.807) is 25.1 Å². The maximum Gasteiger partial charge on any atom is 0.412 e. The second kappa shape index (κ2) is 4.51. The molecule has 4 heteroatoms. The van der Waals surface area contributed by atoms with E-state index in [1.165, 1.54) is 6.07 Å². The average molecular weight is 228 g/mol. The number of alkyl halides is 3. The van der Waals surface area contributed by atoms with Gasteiger partial charge >= 0.3 is 6.18 Å². The number of hydrogen-bond donors (Lipinski definition) is 0. The number of allylic oxidation sites excluding steroid dienone is 2. The third-order valence-electron chi connectivity index (χ3n) is 2.21. The summed E-state index contributed by atoms with van der Waals surface area (Å²) in [5.74, 6) is -0.618. The Morgan fingerprint density at radius 2 is 1.81 bits per heavy atom. The Labute approximate surface area is 91.6 Å². The van der Waals surface area contributed by atoms with E-state index in [1.807, 2.05) is 0 Å². The molecular weight excluding hydrogens is 217 g/mol. The molecule has 0 aliphatic heterocycles. The zero-order chi connectivity index (χ0) is 12.3. The van der Waals surface area contributed by atoms with Gasteiger partial charge in [0.15, 0.2) is 5.78 Å². The summed E-state index contributed by atoms with van der Waals surface area (Å²) in [5.41, 5.74) is 0.0746. The maximum absolute atomic E-state index is 12.2. The lowest BCUT2D eigenvalue weighted by atomic mass is 10.0.